The predicted molar refractivity (Wildman–Crippen MR) is 99.3 cm³/mol. The lowest BCUT2D eigenvalue weighted by molar-refractivity contribution is 0.00909. The molecule has 1 aliphatic heterocycles. The molecule has 7 nitrogen and oxygen atoms in total. The summed E-state index contributed by atoms with van der Waals surface area (Å²) < 4.78 is 10.8. The smallest absolute Gasteiger partial charge is 0.225 e. The third-order valence-corrected chi connectivity index (χ3v) is 4.41. The number of piperazine rings is 1. The van der Waals surface area contributed by atoms with Crippen LogP contribution in [0.15, 0.2) is 42.7 Å². The lowest BCUT2D eigenvalue weighted by Gasteiger charge is -2.35. The van der Waals surface area contributed by atoms with Crippen LogP contribution in [0.25, 0.3) is 0 Å². The average molecular weight is 358 g/mol. The van der Waals surface area contributed by atoms with Crippen molar-refractivity contribution in [1.82, 2.24) is 14.9 Å². The Morgan fingerprint density at radius 2 is 1.77 bits per heavy atom. The highest BCUT2D eigenvalue weighted by Gasteiger charge is 2.20. The van der Waals surface area contributed by atoms with Gasteiger partial charge in [-0.3, -0.25) is 4.90 Å². The predicted octanol–water partition coefficient (Wildman–Crippen LogP) is 1.18. The van der Waals surface area contributed by atoms with Crippen LogP contribution in [-0.4, -0.2) is 72.5 Å². The van der Waals surface area contributed by atoms with Crippen LogP contribution in [0, 0.1) is 0 Å². The van der Waals surface area contributed by atoms with Gasteiger partial charge >= 0.3 is 0 Å². The molecule has 1 N–H and O–H groups in total. The topological polar surface area (TPSA) is 71.0 Å². The van der Waals surface area contributed by atoms with E-state index in [9.17, 15) is 5.11 Å². The van der Waals surface area contributed by atoms with Crippen molar-refractivity contribution in [2.45, 2.75) is 12.7 Å². The average Bonchev–Trinajstić information content (AvgIpc) is 2.70. The van der Waals surface area contributed by atoms with Crippen LogP contribution >= 0.6 is 0 Å². The number of rotatable bonds is 8. The van der Waals surface area contributed by atoms with E-state index in [1.807, 2.05) is 30.3 Å². The molecule has 1 unspecified atom stereocenters. The standard InChI is InChI=1S/C19H26N4O3/c1-25-18-5-3-16(4-6-18)14-26-15-17(24)13-22-9-11-23(12-10-22)19-20-7-2-8-21-19/h2-8,17,24H,9-15H2,1H3. The summed E-state index contributed by atoms with van der Waals surface area (Å²) in [5.74, 6) is 1.60. The Morgan fingerprint density at radius 1 is 1.08 bits per heavy atom. The zero-order valence-corrected chi connectivity index (χ0v) is 15.1. The lowest BCUT2D eigenvalue weighted by Crippen LogP contribution is -2.49. The Balaban J connectivity index is 1.34. The van der Waals surface area contributed by atoms with Crippen LogP contribution in [-0.2, 0) is 11.3 Å². The molecule has 1 aromatic heterocycles. The normalized spacial score (nSPS) is 16.5. The molecule has 2 aromatic rings. The Kier molecular flexibility index (Phi) is 6.76. The first-order valence-electron chi connectivity index (χ1n) is 8.87. The second kappa shape index (κ2) is 9.47. The van der Waals surface area contributed by atoms with E-state index in [0.29, 0.717) is 19.8 Å². The zero-order chi connectivity index (χ0) is 18.2. The van der Waals surface area contributed by atoms with Crippen LogP contribution < -0.4 is 9.64 Å². The van der Waals surface area contributed by atoms with Gasteiger partial charge in [0.05, 0.1) is 26.4 Å². The van der Waals surface area contributed by atoms with Crippen molar-refractivity contribution in [2.24, 2.45) is 0 Å². The molecule has 1 aliphatic rings. The van der Waals surface area contributed by atoms with Crippen LogP contribution in [0.5, 0.6) is 5.75 Å². The van der Waals surface area contributed by atoms with E-state index in [1.165, 1.54) is 0 Å². The molecule has 1 aromatic carbocycles. The van der Waals surface area contributed by atoms with Crippen molar-refractivity contribution in [3.05, 3.63) is 48.3 Å². The SMILES string of the molecule is COc1ccc(COCC(O)CN2CCN(c3ncccn3)CC2)cc1. The number of aliphatic hydroxyl groups is 1. The van der Waals surface area contributed by atoms with Crippen molar-refractivity contribution < 1.29 is 14.6 Å². The number of hydrogen-bond donors (Lipinski definition) is 1. The second-order valence-corrected chi connectivity index (χ2v) is 6.35. The van der Waals surface area contributed by atoms with Gasteiger partial charge in [-0.2, -0.15) is 0 Å². The minimum Gasteiger partial charge on any atom is -0.497 e. The molecule has 2 heterocycles. The number of methoxy groups -OCH3 is 1. The van der Waals surface area contributed by atoms with Crippen molar-refractivity contribution in [3.8, 4) is 5.75 Å². The summed E-state index contributed by atoms with van der Waals surface area (Å²) in [5, 5.41) is 10.2. The van der Waals surface area contributed by atoms with Gasteiger partial charge in [-0.05, 0) is 23.8 Å². The number of ether oxygens (including phenoxy) is 2. The maximum Gasteiger partial charge on any atom is 0.225 e. The largest absolute Gasteiger partial charge is 0.497 e. The molecule has 0 saturated carbocycles. The van der Waals surface area contributed by atoms with E-state index in [-0.39, 0.29) is 0 Å². The van der Waals surface area contributed by atoms with Gasteiger partial charge in [-0.25, -0.2) is 9.97 Å². The van der Waals surface area contributed by atoms with Crippen LogP contribution in [0.2, 0.25) is 0 Å². The maximum absolute atomic E-state index is 10.2. The van der Waals surface area contributed by atoms with Crippen molar-refractivity contribution in [2.75, 3.05) is 51.3 Å². The van der Waals surface area contributed by atoms with Gasteiger partial charge in [-0.15, -0.1) is 0 Å². The fraction of sp³-hybridized carbons (Fsp3) is 0.474. The second-order valence-electron chi connectivity index (χ2n) is 6.35. The first-order valence-corrected chi connectivity index (χ1v) is 8.87. The fourth-order valence-corrected chi connectivity index (χ4v) is 2.97. The van der Waals surface area contributed by atoms with Gasteiger partial charge in [0.2, 0.25) is 5.95 Å². The quantitative estimate of drug-likeness (QED) is 0.760. The molecule has 0 bridgehead atoms. The minimum absolute atomic E-state index is 0.327. The van der Waals surface area contributed by atoms with Crippen molar-refractivity contribution in [3.63, 3.8) is 0 Å². The van der Waals surface area contributed by atoms with Crippen LogP contribution in [0.1, 0.15) is 5.56 Å². The molecule has 1 atom stereocenters. The molecule has 26 heavy (non-hydrogen) atoms. The van der Waals surface area contributed by atoms with E-state index < -0.39 is 6.10 Å². The van der Waals surface area contributed by atoms with Crippen LogP contribution in [0.3, 0.4) is 0 Å². The van der Waals surface area contributed by atoms with Crippen molar-refractivity contribution >= 4 is 5.95 Å². The Morgan fingerprint density at radius 3 is 2.42 bits per heavy atom. The molecule has 3 rings (SSSR count). The Hall–Kier alpha value is -2.22. The van der Waals surface area contributed by atoms with Crippen LogP contribution in [0.4, 0.5) is 5.95 Å². The van der Waals surface area contributed by atoms with E-state index in [2.05, 4.69) is 19.8 Å². The highest BCUT2D eigenvalue weighted by atomic mass is 16.5. The molecule has 0 amide bonds. The third-order valence-electron chi connectivity index (χ3n) is 4.41. The summed E-state index contributed by atoms with van der Waals surface area (Å²) in [5.41, 5.74) is 1.06. The number of aromatic nitrogens is 2. The monoisotopic (exact) mass is 358 g/mol. The van der Waals surface area contributed by atoms with Gasteiger partial charge in [0.15, 0.2) is 0 Å². The van der Waals surface area contributed by atoms with Gasteiger partial charge < -0.3 is 19.5 Å². The molecule has 140 valence electrons. The Labute approximate surface area is 154 Å². The number of benzene rings is 1. The summed E-state index contributed by atoms with van der Waals surface area (Å²) in [6, 6.07) is 9.57. The molecule has 0 radical (unpaired) electrons. The van der Waals surface area contributed by atoms with Gasteiger partial charge in [0.25, 0.3) is 0 Å². The third kappa shape index (κ3) is 5.39. The number of β-amino-alcohol motifs (C(OH)–C–C–N with tert-alkyl or cyclic N) is 1. The molecule has 1 saturated heterocycles. The fourth-order valence-electron chi connectivity index (χ4n) is 2.97. The van der Waals surface area contributed by atoms with E-state index in [4.69, 9.17) is 9.47 Å². The Bertz CT molecular complexity index is 646. The molecular formula is C19H26N4O3. The number of nitrogens with zero attached hydrogens (tertiary/aromatic N) is 4. The minimum atomic E-state index is -0.493. The molecular weight excluding hydrogens is 332 g/mol. The van der Waals surface area contributed by atoms with E-state index >= 15 is 0 Å². The van der Waals surface area contributed by atoms with E-state index in [1.54, 1.807) is 19.5 Å². The number of anilines is 1. The highest BCUT2D eigenvalue weighted by molar-refractivity contribution is 5.29. The summed E-state index contributed by atoms with van der Waals surface area (Å²) in [7, 11) is 1.65. The first-order chi connectivity index (χ1) is 12.7. The zero-order valence-electron chi connectivity index (χ0n) is 15.1. The van der Waals surface area contributed by atoms with Crippen molar-refractivity contribution in [1.29, 1.82) is 0 Å². The molecule has 0 spiro atoms. The summed E-state index contributed by atoms with van der Waals surface area (Å²) >= 11 is 0. The first kappa shape index (κ1) is 18.6. The van der Waals surface area contributed by atoms with Gasteiger partial charge in [0.1, 0.15) is 5.75 Å². The van der Waals surface area contributed by atoms with Gasteiger partial charge in [0, 0.05) is 45.1 Å². The lowest BCUT2D eigenvalue weighted by atomic mass is 10.2. The molecule has 7 heteroatoms. The number of hydrogen-bond acceptors (Lipinski definition) is 7. The number of aliphatic hydroxyl groups excluding tert-OH is 1. The molecule has 1 fully saturated rings. The van der Waals surface area contributed by atoms with Gasteiger partial charge in [-0.1, -0.05) is 12.1 Å². The molecule has 0 aliphatic carbocycles. The van der Waals surface area contributed by atoms with E-state index in [0.717, 1.165) is 43.4 Å². The maximum atomic E-state index is 10.2. The highest BCUT2D eigenvalue weighted by Crippen LogP contribution is 2.13. The summed E-state index contributed by atoms with van der Waals surface area (Å²) in [6.45, 7) is 4.93. The summed E-state index contributed by atoms with van der Waals surface area (Å²) in [4.78, 5) is 13.0. The summed E-state index contributed by atoms with van der Waals surface area (Å²) in [6.07, 6.45) is 3.03.